The molecule has 356 valence electrons. The summed E-state index contributed by atoms with van der Waals surface area (Å²) in [6.07, 6.45) is 53.0. The van der Waals surface area contributed by atoms with Crippen molar-refractivity contribution in [2.75, 3.05) is 40.5 Å². The zero-order chi connectivity index (χ0) is 44.8. The zero-order valence-corrected chi connectivity index (χ0v) is 40.7. The van der Waals surface area contributed by atoms with Gasteiger partial charge in [-0.15, -0.1) is 0 Å². The minimum Gasteiger partial charge on any atom is -0.462 e. The Morgan fingerprint density at radius 2 is 0.885 bits per heavy atom. The lowest BCUT2D eigenvalue weighted by atomic mass is 10.0. The molecule has 2 unspecified atom stereocenters. The van der Waals surface area contributed by atoms with E-state index in [-0.39, 0.29) is 32.0 Å². The number of carbonyl (C=O) groups excluding carboxylic acids is 2. The van der Waals surface area contributed by atoms with Gasteiger partial charge in [-0.25, -0.2) is 4.57 Å². The van der Waals surface area contributed by atoms with Crippen molar-refractivity contribution < 1.29 is 37.6 Å². The molecule has 0 aliphatic rings. The van der Waals surface area contributed by atoms with Crippen molar-refractivity contribution >= 4 is 19.8 Å². The first kappa shape index (κ1) is 59.0. The van der Waals surface area contributed by atoms with E-state index in [4.69, 9.17) is 18.5 Å². The second-order valence-corrected chi connectivity index (χ2v) is 18.4. The van der Waals surface area contributed by atoms with Gasteiger partial charge in [0.1, 0.15) is 6.61 Å². The van der Waals surface area contributed by atoms with E-state index in [0.717, 1.165) is 57.8 Å². The number of ether oxygens (including phenoxy) is 2. The van der Waals surface area contributed by atoms with Crippen LogP contribution in [0.1, 0.15) is 219 Å². The molecule has 0 aromatic rings. The molecule has 1 N–H and O–H groups in total. The number of phosphoric acid groups is 1. The summed E-state index contributed by atoms with van der Waals surface area (Å²) in [6, 6.07) is 0. The number of rotatable bonds is 46. The molecule has 0 aliphatic heterocycles. The van der Waals surface area contributed by atoms with E-state index in [9.17, 15) is 19.0 Å². The molecule has 10 heteroatoms. The van der Waals surface area contributed by atoms with Crippen LogP contribution >= 0.6 is 7.82 Å². The number of carbonyl (C=O) groups is 2. The van der Waals surface area contributed by atoms with Crippen LogP contribution in [-0.2, 0) is 32.7 Å². The molecule has 0 spiro atoms. The van der Waals surface area contributed by atoms with Crippen molar-refractivity contribution in [2.24, 2.45) is 0 Å². The fourth-order valence-electron chi connectivity index (χ4n) is 6.75. The third kappa shape index (κ3) is 47.3. The van der Waals surface area contributed by atoms with Gasteiger partial charge in [-0.1, -0.05) is 178 Å². The van der Waals surface area contributed by atoms with E-state index in [1.54, 1.807) is 0 Å². The highest BCUT2D eigenvalue weighted by Crippen LogP contribution is 2.43. The average Bonchev–Trinajstić information content (AvgIpc) is 3.23. The van der Waals surface area contributed by atoms with Gasteiger partial charge in [0, 0.05) is 19.4 Å². The van der Waals surface area contributed by atoms with Crippen molar-refractivity contribution in [3.63, 3.8) is 0 Å². The second-order valence-electron chi connectivity index (χ2n) is 17.0. The van der Waals surface area contributed by atoms with Gasteiger partial charge in [0.15, 0.2) is 6.10 Å². The molecule has 0 saturated heterocycles. The molecule has 0 bridgehead atoms. The standard InChI is InChI=1S/C51H94NO8P/c1-5-7-9-11-13-15-17-19-21-23-24-25-26-28-30-32-34-36-38-40-42-44-51(54)60-49(48-59-61(55,56)58-46-45-52(3)4)47-57-50(53)43-41-39-37-35-33-31-29-27-22-20-18-16-14-12-10-8-6-2/h14,16,19-22,29,31,49H,5-13,15,17-18,23-28,30,32-48H2,1-4H3,(H,55,56)/b16-14-,21-19-,22-20-,31-29-. The molecule has 0 radical (unpaired) electrons. The number of esters is 2. The van der Waals surface area contributed by atoms with Crippen LogP contribution in [0.5, 0.6) is 0 Å². The topological polar surface area (TPSA) is 112 Å². The van der Waals surface area contributed by atoms with Gasteiger partial charge in [0.05, 0.1) is 13.2 Å². The lowest BCUT2D eigenvalue weighted by Crippen LogP contribution is -2.29. The van der Waals surface area contributed by atoms with Gasteiger partial charge < -0.3 is 19.3 Å². The van der Waals surface area contributed by atoms with Crippen LogP contribution in [0.25, 0.3) is 0 Å². The van der Waals surface area contributed by atoms with E-state index in [1.165, 1.54) is 122 Å². The van der Waals surface area contributed by atoms with Crippen LogP contribution in [0.3, 0.4) is 0 Å². The highest BCUT2D eigenvalue weighted by molar-refractivity contribution is 7.47. The first-order valence-corrected chi connectivity index (χ1v) is 26.4. The summed E-state index contributed by atoms with van der Waals surface area (Å²) in [6.45, 7) is 4.28. The molecule has 0 saturated carbocycles. The fraction of sp³-hybridized carbons (Fsp3) is 0.804. The van der Waals surface area contributed by atoms with E-state index in [1.807, 2.05) is 19.0 Å². The van der Waals surface area contributed by atoms with Crippen LogP contribution in [0.2, 0.25) is 0 Å². The van der Waals surface area contributed by atoms with Gasteiger partial charge >= 0.3 is 19.8 Å². The molecule has 0 aromatic carbocycles. The van der Waals surface area contributed by atoms with Crippen molar-refractivity contribution in [2.45, 2.75) is 225 Å². The summed E-state index contributed by atoms with van der Waals surface area (Å²) in [4.78, 5) is 37.2. The van der Waals surface area contributed by atoms with E-state index >= 15 is 0 Å². The maximum atomic E-state index is 12.7. The number of hydrogen-bond acceptors (Lipinski definition) is 8. The Kier molecular flexibility index (Phi) is 44.4. The van der Waals surface area contributed by atoms with Crippen LogP contribution in [0, 0.1) is 0 Å². The largest absolute Gasteiger partial charge is 0.472 e. The van der Waals surface area contributed by atoms with Crippen molar-refractivity contribution in [3.8, 4) is 0 Å². The number of unbranched alkanes of at least 4 members (excludes halogenated alkanes) is 24. The van der Waals surface area contributed by atoms with Gasteiger partial charge in [0.2, 0.25) is 0 Å². The Morgan fingerprint density at radius 1 is 0.508 bits per heavy atom. The second kappa shape index (κ2) is 46.0. The lowest BCUT2D eigenvalue weighted by molar-refractivity contribution is -0.161. The SMILES string of the molecule is CCCCC/C=C\C/C=C\C/C=C\CCCCCCC(=O)OCC(COP(=O)(O)OCCN(C)C)OC(=O)CCCCCCCCCCCCC/C=C\CCCCCCCC. The Labute approximate surface area is 375 Å². The highest BCUT2D eigenvalue weighted by atomic mass is 31.2. The smallest absolute Gasteiger partial charge is 0.462 e. The quantitative estimate of drug-likeness (QED) is 0.0276. The summed E-state index contributed by atoms with van der Waals surface area (Å²) < 4.78 is 33.6. The van der Waals surface area contributed by atoms with Gasteiger partial charge in [0.25, 0.3) is 0 Å². The van der Waals surface area contributed by atoms with E-state index in [2.05, 4.69) is 62.5 Å². The van der Waals surface area contributed by atoms with Crippen LogP contribution in [0.15, 0.2) is 48.6 Å². The first-order valence-electron chi connectivity index (χ1n) is 24.9. The average molecular weight is 880 g/mol. The minimum absolute atomic E-state index is 0.00267. The Hall–Kier alpha value is -2.03. The first-order chi connectivity index (χ1) is 29.7. The fourth-order valence-corrected chi connectivity index (χ4v) is 7.49. The van der Waals surface area contributed by atoms with Gasteiger partial charge in [-0.2, -0.15) is 0 Å². The van der Waals surface area contributed by atoms with Gasteiger partial charge in [-0.05, 0) is 91.1 Å². The van der Waals surface area contributed by atoms with E-state index in [0.29, 0.717) is 19.4 Å². The summed E-state index contributed by atoms with van der Waals surface area (Å²) in [5, 5.41) is 0. The molecule has 0 heterocycles. The van der Waals surface area contributed by atoms with Crippen LogP contribution < -0.4 is 0 Å². The normalized spacial score (nSPS) is 13.7. The molecule has 0 rings (SSSR count). The zero-order valence-electron chi connectivity index (χ0n) is 39.9. The predicted octanol–water partition coefficient (Wildman–Crippen LogP) is 14.9. The third-order valence-corrected chi connectivity index (χ3v) is 11.6. The summed E-state index contributed by atoms with van der Waals surface area (Å²) in [5.41, 5.74) is 0. The Bertz CT molecular complexity index is 1150. The number of hydrogen-bond donors (Lipinski definition) is 1. The molecule has 0 aromatic heterocycles. The van der Waals surface area contributed by atoms with Crippen LogP contribution in [-0.4, -0.2) is 68.3 Å². The maximum absolute atomic E-state index is 12.7. The Balaban J connectivity index is 4.23. The highest BCUT2D eigenvalue weighted by Gasteiger charge is 2.26. The van der Waals surface area contributed by atoms with Crippen molar-refractivity contribution in [1.29, 1.82) is 0 Å². The molecular weight excluding hydrogens is 786 g/mol. The summed E-state index contributed by atoms with van der Waals surface area (Å²) >= 11 is 0. The summed E-state index contributed by atoms with van der Waals surface area (Å²) in [7, 11) is -0.723. The number of phosphoric ester groups is 1. The maximum Gasteiger partial charge on any atom is 0.472 e. The number of allylic oxidation sites excluding steroid dienone is 8. The molecule has 2 atom stereocenters. The van der Waals surface area contributed by atoms with Crippen molar-refractivity contribution in [1.82, 2.24) is 4.90 Å². The molecule has 0 amide bonds. The minimum atomic E-state index is -4.37. The van der Waals surface area contributed by atoms with E-state index < -0.39 is 26.5 Å². The van der Waals surface area contributed by atoms with Crippen molar-refractivity contribution in [3.05, 3.63) is 48.6 Å². The number of likely N-dealkylation sites (N-methyl/N-ethyl adjacent to an activating group) is 1. The molecule has 9 nitrogen and oxygen atoms in total. The van der Waals surface area contributed by atoms with Gasteiger partial charge in [-0.3, -0.25) is 18.6 Å². The Morgan fingerprint density at radius 3 is 1.36 bits per heavy atom. The summed E-state index contributed by atoms with van der Waals surface area (Å²) in [5.74, 6) is -0.825. The lowest BCUT2D eigenvalue weighted by Gasteiger charge is -2.20. The third-order valence-electron chi connectivity index (χ3n) is 10.6. The molecule has 61 heavy (non-hydrogen) atoms. The number of nitrogens with zero attached hydrogens (tertiary/aromatic N) is 1. The predicted molar refractivity (Wildman–Crippen MR) is 257 cm³/mol. The molecular formula is C51H94NO8P. The van der Waals surface area contributed by atoms with Crippen LogP contribution in [0.4, 0.5) is 0 Å². The monoisotopic (exact) mass is 880 g/mol. The molecule has 0 aliphatic carbocycles. The molecule has 0 fully saturated rings.